The smallest absolute Gasteiger partial charge is 0.0663 e. The second-order valence-electron chi connectivity index (χ2n) is 4.15. The van der Waals surface area contributed by atoms with Crippen LogP contribution in [0.3, 0.4) is 0 Å². The number of hydrogen-bond donors (Lipinski definition) is 1. The molecule has 1 aromatic rings. The Hall–Kier alpha value is -1.13. The summed E-state index contributed by atoms with van der Waals surface area (Å²) in [6.45, 7) is 4.74. The summed E-state index contributed by atoms with van der Waals surface area (Å²) in [4.78, 5) is 6.47. The van der Waals surface area contributed by atoms with Gasteiger partial charge >= 0.3 is 0 Å². The number of nitrogens with zero attached hydrogens (tertiary/aromatic N) is 2. The molecule has 0 amide bonds. The zero-order chi connectivity index (χ0) is 12.1. The molecular weight excluding hydrogens is 202 g/mol. The minimum absolute atomic E-state index is 0.0178. The van der Waals surface area contributed by atoms with Gasteiger partial charge in [-0.25, -0.2) is 0 Å². The Balaban J connectivity index is 2.73. The normalized spacial score (nSPS) is 14.6. The van der Waals surface area contributed by atoms with E-state index in [1.807, 2.05) is 32.3 Å². The number of aromatic nitrogens is 1. The van der Waals surface area contributed by atoms with Crippen molar-refractivity contribution in [1.82, 2.24) is 4.98 Å². The van der Waals surface area contributed by atoms with Crippen molar-refractivity contribution in [2.75, 3.05) is 25.7 Å². The molecular formula is C12H21N3O. The van der Waals surface area contributed by atoms with E-state index < -0.39 is 0 Å². The van der Waals surface area contributed by atoms with Gasteiger partial charge in [0.25, 0.3) is 0 Å². The van der Waals surface area contributed by atoms with Crippen molar-refractivity contribution in [2.24, 2.45) is 5.73 Å². The van der Waals surface area contributed by atoms with E-state index in [0.29, 0.717) is 12.6 Å². The first-order valence-electron chi connectivity index (χ1n) is 5.49. The van der Waals surface area contributed by atoms with E-state index in [9.17, 15) is 0 Å². The van der Waals surface area contributed by atoms with E-state index in [0.717, 1.165) is 11.4 Å². The minimum atomic E-state index is -0.0178. The largest absolute Gasteiger partial charge is 0.383 e. The van der Waals surface area contributed by atoms with Gasteiger partial charge in [-0.2, -0.15) is 0 Å². The van der Waals surface area contributed by atoms with E-state index >= 15 is 0 Å². The molecule has 16 heavy (non-hydrogen) atoms. The van der Waals surface area contributed by atoms with Crippen molar-refractivity contribution >= 4 is 5.69 Å². The van der Waals surface area contributed by atoms with Gasteiger partial charge < -0.3 is 15.4 Å². The van der Waals surface area contributed by atoms with Crippen LogP contribution in [-0.2, 0) is 4.74 Å². The molecule has 2 N–H and O–H groups in total. The molecule has 1 aromatic heterocycles. The van der Waals surface area contributed by atoms with Gasteiger partial charge in [0.15, 0.2) is 0 Å². The third kappa shape index (κ3) is 3.18. The van der Waals surface area contributed by atoms with Crippen LogP contribution in [0.25, 0.3) is 0 Å². The summed E-state index contributed by atoms with van der Waals surface area (Å²) in [6.07, 6.45) is 1.85. The molecule has 1 unspecified atom stereocenters. The second-order valence-corrected chi connectivity index (χ2v) is 4.15. The Morgan fingerprint density at radius 1 is 1.44 bits per heavy atom. The van der Waals surface area contributed by atoms with E-state index in [1.54, 1.807) is 7.11 Å². The molecule has 0 aliphatic carbocycles. The number of likely N-dealkylation sites (N-methyl/N-ethyl adjacent to an activating group) is 1. The molecule has 1 rings (SSSR count). The van der Waals surface area contributed by atoms with Crippen LogP contribution in [0.5, 0.6) is 0 Å². The maximum Gasteiger partial charge on any atom is 0.0663 e. The summed E-state index contributed by atoms with van der Waals surface area (Å²) in [5.41, 5.74) is 7.74. The first-order valence-corrected chi connectivity index (χ1v) is 5.49. The zero-order valence-electron chi connectivity index (χ0n) is 10.5. The van der Waals surface area contributed by atoms with Crippen LogP contribution in [0, 0.1) is 0 Å². The summed E-state index contributed by atoms with van der Waals surface area (Å²) < 4.78 is 5.13. The van der Waals surface area contributed by atoms with E-state index in [4.69, 9.17) is 10.5 Å². The molecule has 0 spiro atoms. The van der Waals surface area contributed by atoms with Gasteiger partial charge in [-0.3, -0.25) is 4.98 Å². The minimum Gasteiger partial charge on any atom is -0.383 e. The van der Waals surface area contributed by atoms with Crippen molar-refractivity contribution < 1.29 is 4.74 Å². The molecule has 0 bridgehead atoms. The van der Waals surface area contributed by atoms with Gasteiger partial charge in [0.05, 0.1) is 24.2 Å². The third-order valence-electron chi connectivity index (χ3n) is 2.71. The molecule has 0 saturated carbocycles. The molecule has 0 fully saturated rings. The maximum absolute atomic E-state index is 5.75. The second kappa shape index (κ2) is 5.82. The zero-order valence-corrected chi connectivity index (χ0v) is 10.5. The highest BCUT2D eigenvalue weighted by Crippen LogP contribution is 2.16. The quantitative estimate of drug-likeness (QED) is 0.823. The van der Waals surface area contributed by atoms with Gasteiger partial charge in [-0.1, -0.05) is 0 Å². The Labute approximate surface area is 97.4 Å². The highest BCUT2D eigenvalue weighted by atomic mass is 16.5. The van der Waals surface area contributed by atoms with Crippen LogP contribution in [-0.4, -0.2) is 31.8 Å². The number of methoxy groups -OCH3 is 1. The van der Waals surface area contributed by atoms with E-state index in [2.05, 4.69) is 16.8 Å². The highest BCUT2D eigenvalue weighted by Gasteiger charge is 2.10. The molecule has 0 saturated heterocycles. The average Bonchev–Trinajstić information content (AvgIpc) is 2.28. The van der Waals surface area contributed by atoms with Crippen molar-refractivity contribution in [1.29, 1.82) is 0 Å². The van der Waals surface area contributed by atoms with Crippen LogP contribution in [0.4, 0.5) is 5.69 Å². The third-order valence-corrected chi connectivity index (χ3v) is 2.71. The van der Waals surface area contributed by atoms with Crippen molar-refractivity contribution in [3.05, 3.63) is 24.0 Å². The summed E-state index contributed by atoms with van der Waals surface area (Å²) in [6, 6.07) is 4.32. The van der Waals surface area contributed by atoms with Gasteiger partial charge in [-0.15, -0.1) is 0 Å². The molecule has 0 aliphatic rings. The molecule has 2 atom stereocenters. The van der Waals surface area contributed by atoms with Crippen LogP contribution in [0.2, 0.25) is 0 Å². The lowest BCUT2D eigenvalue weighted by molar-refractivity contribution is 0.183. The van der Waals surface area contributed by atoms with Crippen LogP contribution in [0.1, 0.15) is 25.6 Å². The molecule has 1 heterocycles. The fraction of sp³-hybridized carbons (Fsp3) is 0.583. The molecule has 0 aliphatic heterocycles. The maximum atomic E-state index is 5.75. The predicted molar refractivity (Wildman–Crippen MR) is 66.6 cm³/mol. The van der Waals surface area contributed by atoms with Crippen LogP contribution < -0.4 is 10.6 Å². The summed E-state index contributed by atoms with van der Waals surface area (Å²) in [5, 5.41) is 0. The molecule has 0 aromatic carbocycles. The fourth-order valence-corrected chi connectivity index (χ4v) is 1.48. The summed E-state index contributed by atoms with van der Waals surface area (Å²) in [7, 11) is 3.74. The molecule has 4 nitrogen and oxygen atoms in total. The topological polar surface area (TPSA) is 51.4 Å². The highest BCUT2D eigenvalue weighted by molar-refractivity contribution is 5.44. The Kier molecular flexibility index (Phi) is 4.71. The predicted octanol–water partition coefficient (Wildman–Crippen LogP) is 1.57. The van der Waals surface area contributed by atoms with Gasteiger partial charge in [-0.05, 0) is 26.0 Å². The first-order chi connectivity index (χ1) is 7.56. The molecule has 4 heteroatoms. The Bertz CT molecular complexity index is 311. The van der Waals surface area contributed by atoms with E-state index in [-0.39, 0.29) is 6.04 Å². The van der Waals surface area contributed by atoms with Crippen LogP contribution in [0.15, 0.2) is 18.3 Å². The number of hydrogen-bond acceptors (Lipinski definition) is 4. The number of nitrogens with two attached hydrogens (primary N) is 1. The van der Waals surface area contributed by atoms with Gasteiger partial charge in [0, 0.05) is 26.2 Å². The first kappa shape index (κ1) is 12.9. The SMILES string of the molecule is COCC(C)N(C)c1ccc([C@@H](C)N)nc1. The number of ether oxygens (including phenoxy) is 1. The number of rotatable bonds is 5. The van der Waals surface area contributed by atoms with Crippen LogP contribution >= 0.6 is 0 Å². The molecule has 0 radical (unpaired) electrons. The lowest BCUT2D eigenvalue weighted by Gasteiger charge is -2.26. The van der Waals surface area contributed by atoms with Gasteiger partial charge in [0.2, 0.25) is 0 Å². The lowest BCUT2D eigenvalue weighted by atomic mass is 10.2. The average molecular weight is 223 g/mol. The fourth-order valence-electron chi connectivity index (χ4n) is 1.48. The Morgan fingerprint density at radius 2 is 2.12 bits per heavy atom. The number of pyridine rings is 1. The Morgan fingerprint density at radius 3 is 2.56 bits per heavy atom. The molecule has 90 valence electrons. The van der Waals surface area contributed by atoms with E-state index in [1.165, 1.54) is 0 Å². The summed E-state index contributed by atoms with van der Waals surface area (Å²) >= 11 is 0. The van der Waals surface area contributed by atoms with Crippen molar-refractivity contribution in [2.45, 2.75) is 25.9 Å². The lowest BCUT2D eigenvalue weighted by Crippen LogP contribution is -2.32. The van der Waals surface area contributed by atoms with Crippen molar-refractivity contribution in [3.8, 4) is 0 Å². The number of anilines is 1. The van der Waals surface area contributed by atoms with Crippen molar-refractivity contribution in [3.63, 3.8) is 0 Å². The monoisotopic (exact) mass is 223 g/mol. The standard InChI is InChI=1S/C12H21N3O/c1-9(8-16-4)15(3)11-5-6-12(10(2)13)14-7-11/h5-7,9-10H,8,13H2,1-4H3/t9?,10-/m1/s1. The summed E-state index contributed by atoms with van der Waals surface area (Å²) in [5.74, 6) is 0. The van der Waals surface area contributed by atoms with Gasteiger partial charge in [0.1, 0.15) is 0 Å².